The number of aliphatic hydroxyl groups excluding tert-OH is 1. The van der Waals surface area contributed by atoms with Crippen LogP contribution in [0.1, 0.15) is 16.1 Å². The molecule has 0 bridgehead atoms. The number of aryl methyl sites for hydroxylation is 1. The number of amides is 1. The molecule has 1 aromatic carbocycles. The zero-order chi connectivity index (χ0) is 14.5. The number of rotatable bonds is 2. The smallest absolute Gasteiger partial charge is 0.272 e. The molecule has 0 aliphatic rings. The van der Waals surface area contributed by atoms with Gasteiger partial charge in [0.05, 0.1) is 5.69 Å². The average molecular weight is 272 g/mol. The molecule has 5 heteroatoms. The first-order valence-electron chi connectivity index (χ1n) is 5.94. The number of benzene rings is 1. The number of hydrogen-bond acceptors (Lipinski definition) is 2. The molecule has 0 aliphatic heterocycles. The summed E-state index contributed by atoms with van der Waals surface area (Å²) in [7, 11) is 1.73. The Bertz CT molecular complexity index is 695. The lowest BCUT2D eigenvalue weighted by atomic mass is 10.2. The van der Waals surface area contributed by atoms with Crippen LogP contribution in [0.25, 0.3) is 0 Å². The monoisotopic (exact) mass is 272 g/mol. The van der Waals surface area contributed by atoms with Crippen molar-refractivity contribution >= 4 is 11.6 Å². The Morgan fingerprint density at radius 1 is 1.45 bits per heavy atom. The molecule has 0 fully saturated rings. The van der Waals surface area contributed by atoms with E-state index in [1.807, 2.05) is 0 Å². The van der Waals surface area contributed by atoms with E-state index in [1.54, 1.807) is 36.0 Å². The van der Waals surface area contributed by atoms with Gasteiger partial charge in [-0.2, -0.15) is 0 Å². The van der Waals surface area contributed by atoms with Crippen molar-refractivity contribution in [2.24, 2.45) is 7.05 Å². The van der Waals surface area contributed by atoms with Gasteiger partial charge in [-0.1, -0.05) is 11.8 Å². The van der Waals surface area contributed by atoms with Crippen LogP contribution in [0.15, 0.2) is 36.5 Å². The third kappa shape index (κ3) is 3.05. The Balaban J connectivity index is 2.18. The summed E-state index contributed by atoms with van der Waals surface area (Å²) in [4.78, 5) is 11.9. The van der Waals surface area contributed by atoms with E-state index in [0.29, 0.717) is 11.3 Å². The summed E-state index contributed by atoms with van der Waals surface area (Å²) in [5, 5.41) is 11.1. The highest BCUT2D eigenvalue weighted by Gasteiger charge is 2.11. The van der Waals surface area contributed by atoms with Crippen LogP contribution in [0, 0.1) is 17.7 Å². The van der Waals surface area contributed by atoms with E-state index in [2.05, 4.69) is 17.2 Å². The van der Waals surface area contributed by atoms with Crippen LogP contribution in [0.2, 0.25) is 0 Å². The molecule has 0 atom stereocenters. The quantitative estimate of drug-likeness (QED) is 0.818. The number of hydrogen-bond donors (Lipinski definition) is 2. The number of nitrogens with zero attached hydrogens (tertiary/aromatic N) is 1. The van der Waals surface area contributed by atoms with E-state index in [0.717, 1.165) is 0 Å². The lowest BCUT2D eigenvalue weighted by Gasteiger charge is -2.07. The highest BCUT2D eigenvalue weighted by molar-refractivity contribution is 6.03. The molecule has 2 N–H and O–H groups in total. The maximum absolute atomic E-state index is 13.8. The van der Waals surface area contributed by atoms with Gasteiger partial charge < -0.3 is 15.0 Å². The largest absolute Gasteiger partial charge is 0.384 e. The third-order valence-electron chi connectivity index (χ3n) is 2.71. The van der Waals surface area contributed by atoms with Gasteiger partial charge in [-0.05, 0) is 30.3 Å². The highest BCUT2D eigenvalue weighted by atomic mass is 19.1. The second-order valence-corrected chi connectivity index (χ2v) is 4.11. The van der Waals surface area contributed by atoms with Gasteiger partial charge in [0, 0.05) is 18.8 Å². The molecule has 1 heterocycles. The van der Waals surface area contributed by atoms with E-state index in [-0.39, 0.29) is 18.2 Å². The minimum atomic E-state index is -0.572. The zero-order valence-electron chi connectivity index (χ0n) is 10.9. The number of carbonyl (C=O) groups excluding carboxylic acids is 1. The molecule has 0 saturated carbocycles. The Morgan fingerprint density at radius 3 is 2.85 bits per heavy atom. The summed E-state index contributed by atoms with van der Waals surface area (Å²) in [5.41, 5.74) is 0.965. The first kappa shape index (κ1) is 13.8. The Labute approximate surface area is 115 Å². The minimum absolute atomic E-state index is 0.0887. The van der Waals surface area contributed by atoms with Crippen LogP contribution in [-0.4, -0.2) is 22.2 Å². The SMILES string of the molecule is Cn1cccc1C(=O)Nc1ccc(C#CCO)cc1F. The molecule has 0 saturated heterocycles. The van der Waals surface area contributed by atoms with Crippen LogP contribution in [0.3, 0.4) is 0 Å². The van der Waals surface area contributed by atoms with Crippen LogP contribution in [0.5, 0.6) is 0 Å². The number of halogens is 1. The van der Waals surface area contributed by atoms with Crippen molar-refractivity contribution in [1.29, 1.82) is 0 Å². The van der Waals surface area contributed by atoms with Gasteiger partial charge >= 0.3 is 0 Å². The number of anilines is 1. The fourth-order valence-electron chi connectivity index (χ4n) is 1.72. The molecule has 1 aromatic heterocycles. The van der Waals surface area contributed by atoms with Crippen molar-refractivity contribution in [2.45, 2.75) is 0 Å². The molecule has 1 amide bonds. The number of carbonyl (C=O) groups is 1. The molecular formula is C15H13FN2O2. The lowest BCUT2D eigenvalue weighted by Crippen LogP contribution is -2.16. The molecule has 0 aliphatic carbocycles. The first-order valence-corrected chi connectivity index (χ1v) is 5.94. The predicted octanol–water partition coefficient (Wildman–Crippen LogP) is 1.76. The minimum Gasteiger partial charge on any atom is -0.384 e. The van der Waals surface area contributed by atoms with E-state index < -0.39 is 5.82 Å². The van der Waals surface area contributed by atoms with Gasteiger partial charge in [0.2, 0.25) is 0 Å². The molecule has 2 aromatic rings. The first-order chi connectivity index (χ1) is 9.61. The van der Waals surface area contributed by atoms with Crippen LogP contribution < -0.4 is 5.32 Å². The molecule has 102 valence electrons. The van der Waals surface area contributed by atoms with Crippen molar-refractivity contribution in [2.75, 3.05) is 11.9 Å². The van der Waals surface area contributed by atoms with E-state index in [1.165, 1.54) is 12.1 Å². The summed E-state index contributed by atoms with van der Waals surface area (Å²) in [6.45, 7) is -0.284. The van der Waals surface area contributed by atoms with Crippen molar-refractivity contribution in [3.05, 3.63) is 53.6 Å². The molecule has 20 heavy (non-hydrogen) atoms. The maximum Gasteiger partial charge on any atom is 0.272 e. The zero-order valence-corrected chi connectivity index (χ0v) is 10.9. The van der Waals surface area contributed by atoms with Gasteiger partial charge in [0.25, 0.3) is 5.91 Å². The lowest BCUT2D eigenvalue weighted by molar-refractivity contribution is 0.101. The van der Waals surface area contributed by atoms with Gasteiger partial charge in [0.1, 0.15) is 18.1 Å². The van der Waals surface area contributed by atoms with Crippen LogP contribution >= 0.6 is 0 Å². The van der Waals surface area contributed by atoms with Crippen LogP contribution in [0.4, 0.5) is 10.1 Å². The van der Waals surface area contributed by atoms with E-state index >= 15 is 0 Å². The summed E-state index contributed by atoms with van der Waals surface area (Å²) >= 11 is 0. The number of nitrogens with one attached hydrogen (secondary N) is 1. The topological polar surface area (TPSA) is 54.3 Å². The number of aromatic nitrogens is 1. The normalized spacial score (nSPS) is 9.75. The molecule has 4 nitrogen and oxygen atoms in total. The maximum atomic E-state index is 13.8. The van der Waals surface area contributed by atoms with Crippen molar-refractivity contribution in [3.63, 3.8) is 0 Å². The predicted molar refractivity (Wildman–Crippen MR) is 73.7 cm³/mol. The van der Waals surface area contributed by atoms with Gasteiger partial charge in [-0.25, -0.2) is 4.39 Å². The fraction of sp³-hybridized carbons (Fsp3) is 0.133. The average Bonchev–Trinajstić information content (AvgIpc) is 2.85. The molecule has 0 spiro atoms. The summed E-state index contributed by atoms with van der Waals surface area (Å²) in [5.74, 6) is 4.07. The van der Waals surface area contributed by atoms with Crippen molar-refractivity contribution < 1.29 is 14.3 Å². The molecular weight excluding hydrogens is 259 g/mol. The highest BCUT2D eigenvalue weighted by Crippen LogP contribution is 2.16. The Hall–Kier alpha value is -2.58. The van der Waals surface area contributed by atoms with Gasteiger partial charge in [-0.3, -0.25) is 4.79 Å². The molecule has 2 rings (SSSR count). The van der Waals surface area contributed by atoms with Crippen LogP contribution in [-0.2, 0) is 7.05 Å². The second kappa shape index (κ2) is 6.04. The van der Waals surface area contributed by atoms with E-state index in [4.69, 9.17) is 5.11 Å². The number of aliphatic hydroxyl groups is 1. The second-order valence-electron chi connectivity index (χ2n) is 4.11. The van der Waals surface area contributed by atoms with Gasteiger partial charge in [0.15, 0.2) is 0 Å². The van der Waals surface area contributed by atoms with Crippen molar-refractivity contribution in [1.82, 2.24) is 4.57 Å². The molecule has 0 unspecified atom stereocenters. The van der Waals surface area contributed by atoms with E-state index in [9.17, 15) is 9.18 Å². The molecule has 0 radical (unpaired) electrons. The third-order valence-corrected chi connectivity index (χ3v) is 2.71. The van der Waals surface area contributed by atoms with Gasteiger partial charge in [-0.15, -0.1) is 0 Å². The standard InChI is InChI=1S/C15H13FN2O2/c1-18-8-2-5-14(18)15(20)17-13-7-6-11(4-3-9-19)10-12(13)16/h2,5-8,10,19H,9H2,1H3,(H,17,20). The Kier molecular flexibility index (Phi) is 4.18. The summed E-state index contributed by atoms with van der Waals surface area (Å²) < 4.78 is 15.5. The summed E-state index contributed by atoms with van der Waals surface area (Å²) in [6, 6.07) is 7.61. The Morgan fingerprint density at radius 2 is 2.25 bits per heavy atom. The summed E-state index contributed by atoms with van der Waals surface area (Å²) in [6.07, 6.45) is 1.73. The van der Waals surface area contributed by atoms with Crippen molar-refractivity contribution in [3.8, 4) is 11.8 Å². The fourth-order valence-corrected chi connectivity index (χ4v) is 1.72.